The largest absolute Gasteiger partial charge is 0.295 e. The molecule has 3 heterocycles. The van der Waals surface area contributed by atoms with Gasteiger partial charge in [-0.15, -0.1) is 0 Å². The summed E-state index contributed by atoms with van der Waals surface area (Å²) < 4.78 is 4.94. The Morgan fingerprint density at radius 3 is 2.13 bits per heavy atom. The molecule has 2 aromatic heterocycles. The first-order valence-corrected chi connectivity index (χ1v) is 14.1. The van der Waals surface area contributed by atoms with Gasteiger partial charge in [0.15, 0.2) is 0 Å². The third-order valence-electron chi connectivity index (χ3n) is 8.09. The molecule has 1 aliphatic rings. The lowest BCUT2D eigenvalue weighted by Gasteiger charge is -2.21. The fourth-order valence-corrected chi connectivity index (χ4v) is 7.45. The molecule has 9 rings (SSSR count). The number of fused-ring (bicyclic) bond motifs is 8. The molecule has 6 aromatic carbocycles. The number of hydrogen-bond donors (Lipinski definition) is 0. The molecule has 0 saturated carbocycles. The predicted octanol–water partition coefficient (Wildman–Crippen LogP) is 10.0. The third-order valence-corrected chi connectivity index (χ3v) is 9.20. The maximum atomic E-state index is 2.49. The Kier molecular flexibility index (Phi) is 4.29. The zero-order chi connectivity index (χ0) is 25.5. The highest BCUT2D eigenvalue weighted by Gasteiger charge is 2.27. The lowest BCUT2D eigenvalue weighted by atomic mass is 10.0. The first-order chi connectivity index (χ1) is 19.3. The lowest BCUT2D eigenvalue weighted by Crippen LogP contribution is -2.05. The summed E-state index contributed by atoms with van der Waals surface area (Å²) >= 11 is 1.87. The van der Waals surface area contributed by atoms with Crippen molar-refractivity contribution in [3.8, 4) is 22.5 Å². The van der Waals surface area contributed by atoms with Crippen LogP contribution in [0.25, 0.3) is 66.1 Å². The zero-order valence-corrected chi connectivity index (χ0v) is 21.8. The van der Waals surface area contributed by atoms with E-state index in [-0.39, 0.29) is 0 Å². The Balaban J connectivity index is 1.33. The molecule has 0 amide bonds. The smallest absolute Gasteiger partial charge is 0.131 e. The van der Waals surface area contributed by atoms with Gasteiger partial charge < -0.3 is 0 Å². The van der Waals surface area contributed by atoms with E-state index in [1.165, 1.54) is 75.9 Å². The van der Waals surface area contributed by atoms with Crippen molar-refractivity contribution in [2.24, 2.45) is 0 Å². The van der Waals surface area contributed by atoms with Gasteiger partial charge in [-0.1, -0.05) is 103 Å². The van der Waals surface area contributed by atoms with Gasteiger partial charge in [-0.2, -0.15) is 0 Å². The van der Waals surface area contributed by atoms with E-state index < -0.39 is 0 Å². The summed E-state index contributed by atoms with van der Waals surface area (Å²) in [7, 11) is 0. The minimum atomic E-state index is 1.17. The van der Waals surface area contributed by atoms with Crippen LogP contribution in [0.15, 0.2) is 143 Å². The van der Waals surface area contributed by atoms with E-state index >= 15 is 0 Å². The Morgan fingerprint density at radius 1 is 0.487 bits per heavy atom. The number of aromatic nitrogens is 2. The van der Waals surface area contributed by atoms with Gasteiger partial charge in [0.1, 0.15) is 5.65 Å². The zero-order valence-electron chi connectivity index (χ0n) is 21.0. The molecule has 3 heteroatoms. The van der Waals surface area contributed by atoms with Crippen LogP contribution in [0.1, 0.15) is 0 Å². The molecular formula is C36H22N2S. The van der Waals surface area contributed by atoms with Crippen molar-refractivity contribution in [1.29, 1.82) is 0 Å². The van der Waals surface area contributed by atoms with E-state index in [2.05, 4.69) is 143 Å². The quantitative estimate of drug-likeness (QED) is 0.223. The van der Waals surface area contributed by atoms with Crippen LogP contribution in [0.4, 0.5) is 0 Å². The average Bonchev–Trinajstić information content (AvgIpc) is 3.52. The summed E-state index contributed by atoms with van der Waals surface area (Å²) in [4.78, 5) is 2.60. The van der Waals surface area contributed by atoms with E-state index in [1.54, 1.807) is 0 Å². The van der Waals surface area contributed by atoms with Gasteiger partial charge in [-0.25, -0.2) is 0 Å². The predicted molar refractivity (Wildman–Crippen MR) is 165 cm³/mol. The first kappa shape index (κ1) is 21.2. The minimum absolute atomic E-state index is 1.17. The summed E-state index contributed by atoms with van der Waals surface area (Å²) in [6, 6.07) is 48.7. The molecule has 0 bridgehead atoms. The topological polar surface area (TPSA) is 9.86 Å². The van der Waals surface area contributed by atoms with Crippen molar-refractivity contribution in [3.63, 3.8) is 0 Å². The molecule has 0 spiro atoms. The summed E-state index contributed by atoms with van der Waals surface area (Å²) in [5.74, 6) is 0. The molecule has 2 nitrogen and oxygen atoms in total. The normalized spacial score (nSPS) is 12.5. The van der Waals surface area contributed by atoms with Gasteiger partial charge >= 0.3 is 0 Å². The maximum Gasteiger partial charge on any atom is 0.131 e. The summed E-state index contributed by atoms with van der Waals surface area (Å²) in [5.41, 5.74) is 8.64. The van der Waals surface area contributed by atoms with Gasteiger partial charge in [-0.3, -0.25) is 9.13 Å². The first-order valence-electron chi connectivity index (χ1n) is 13.3. The summed E-state index contributed by atoms with van der Waals surface area (Å²) in [5, 5.41) is 6.46. The minimum Gasteiger partial charge on any atom is -0.295 e. The van der Waals surface area contributed by atoms with Crippen molar-refractivity contribution >= 4 is 55.4 Å². The van der Waals surface area contributed by atoms with Crippen molar-refractivity contribution in [2.75, 3.05) is 0 Å². The third kappa shape index (κ3) is 2.94. The molecule has 0 atom stereocenters. The van der Waals surface area contributed by atoms with Crippen LogP contribution >= 0.6 is 11.8 Å². The average molecular weight is 515 g/mol. The Labute approximate surface area is 229 Å². The highest BCUT2D eigenvalue weighted by molar-refractivity contribution is 7.99. The van der Waals surface area contributed by atoms with E-state index in [9.17, 15) is 0 Å². The van der Waals surface area contributed by atoms with Gasteiger partial charge in [0.2, 0.25) is 0 Å². The number of nitrogens with zero attached hydrogens (tertiary/aromatic N) is 2. The summed E-state index contributed by atoms with van der Waals surface area (Å²) in [6.45, 7) is 0. The molecule has 39 heavy (non-hydrogen) atoms. The van der Waals surface area contributed by atoms with E-state index in [4.69, 9.17) is 0 Å². The molecule has 1 aliphatic heterocycles. The molecule has 0 fully saturated rings. The molecular weight excluding hydrogens is 492 g/mol. The second-order valence-corrected chi connectivity index (χ2v) is 11.3. The van der Waals surface area contributed by atoms with E-state index in [1.807, 2.05) is 11.8 Å². The number of rotatable bonds is 2. The highest BCUT2D eigenvalue weighted by Crippen LogP contribution is 2.49. The molecule has 0 N–H and O–H groups in total. The number of hydrogen-bond acceptors (Lipinski definition) is 1. The molecule has 8 aromatic rings. The molecule has 0 saturated heterocycles. The van der Waals surface area contributed by atoms with Crippen molar-refractivity contribution in [2.45, 2.75) is 9.79 Å². The highest BCUT2D eigenvalue weighted by atomic mass is 32.2. The second-order valence-electron chi connectivity index (χ2n) is 10.2. The van der Waals surface area contributed by atoms with E-state index in [0.29, 0.717) is 0 Å². The SMILES string of the molecule is c1ccc2c(c1)Sc1cccc3c4c5ccccc5n(-c5ccc(-c6ccc7ccccc7c6)cc5)c4n-2c13. The van der Waals surface area contributed by atoms with Crippen LogP contribution in [0, 0.1) is 0 Å². The van der Waals surface area contributed by atoms with Crippen molar-refractivity contribution in [3.05, 3.63) is 133 Å². The van der Waals surface area contributed by atoms with Crippen molar-refractivity contribution < 1.29 is 0 Å². The maximum absolute atomic E-state index is 2.49. The van der Waals surface area contributed by atoms with Gasteiger partial charge in [0.25, 0.3) is 0 Å². The van der Waals surface area contributed by atoms with Gasteiger partial charge in [-0.05, 0) is 64.4 Å². The van der Waals surface area contributed by atoms with Crippen LogP contribution in [0.3, 0.4) is 0 Å². The van der Waals surface area contributed by atoms with Crippen LogP contribution in [0.2, 0.25) is 0 Å². The second kappa shape index (κ2) is 7.89. The van der Waals surface area contributed by atoms with Crippen molar-refractivity contribution in [1.82, 2.24) is 9.13 Å². The number of para-hydroxylation sites is 3. The van der Waals surface area contributed by atoms with Crippen LogP contribution in [-0.4, -0.2) is 9.13 Å². The lowest BCUT2D eigenvalue weighted by molar-refractivity contribution is 1.03. The Morgan fingerprint density at radius 2 is 1.21 bits per heavy atom. The Bertz CT molecular complexity index is 2250. The van der Waals surface area contributed by atoms with Gasteiger partial charge in [0, 0.05) is 31.6 Å². The number of benzene rings is 6. The standard InChI is InChI=1S/C36H22N2S/c1-2-9-25-22-26(17-16-23(25)8-1)24-18-20-27(21-19-24)37-30-12-4-3-10-28(30)34-29-11-7-15-33-35(29)38(36(34)37)31-13-5-6-14-32(31)39-33/h1-22H. The molecule has 0 aliphatic carbocycles. The van der Waals surface area contributed by atoms with Crippen LogP contribution < -0.4 is 0 Å². The monoisotopic (exact) mass is 514 g/mol. The molecule has 182 valence electrons. The fraction of sp³-hybridized carbons (Fsp3) is 0. The van der Waals surface area contributed by atoms with Crippen LogP contribution in [0.5, 0.6) is 0 Å². The fourth-order valence-electron chi connectivity index (χ4n) is 6.36. The van der Waals surface area contributed by atoms with Crippen LogP contribution in [-0.2, 0) is 0 Å². The van der Waals surface area contributed by atoms with Gasteiger partial charge in [0.05, 0.1) is 16.7 Å². The molecule has 0 unspecified atom stereocenters. The Hall–Kier alpha value is -4.73. The van der Waals surface area contributed by atoms with E-state index in [0.717, 1.165) is 0 Å². The molecule has 0 radical (unpaired) electrons. The summed E-state index contributed by atoms with van der Waals surface area (Å²) in [6.07, 6.45) is 0.